The Labute approximate surface area is 193 Å². The minimum atomic E-state index is -0.140. The molecule has 3 aromatic rings. The van der Waals surface area contributed by atoms with Gasteiger partial charge in [-0.25, -0.2) is 9.97 Å². The van der Waals surface area contributed by atoms with Crippen molar-refractivity contribution in [2.75, 3.05) is 31.7 Å². The van der Waals surface area contributed by atoms with Gasteiger partial charge in [-0.05, 0) is 65.2 Å². The van der Waals surface area contributed by atoms with Gasteiger partial charge in [-0.1, -0.05) is 11.8 Å². The molecule has 0 radical (unpaired) electrons. The number of fused-ring (bicyclic) bond motifs is 3. The van der Waals surface area contributed by atoms with Crippen LogP contribution < -0.4 is 10.9 Å². The monoisotopic (exact) mass is 477 g/mol. The molecule has 0 spiro atoms. The van der Waals surface area contributed by atoms with Crippen molar-refractivity contribution in [2.24, 2.45) is 0 Å². The van der Waals surface area contributed by atoms with E-state index in [4.69, 9.17) is 4.98 Å². The zero-order valence-corrected chi connectivity index (χ0v) is 20.5. The summed E-state index contributed by atoms with van der Waals surface area (Å²) in [6.45, 7) is 3.38. The van der Waals surface area contributed by atoms with Crippen LogP contribution in [0.3, 0.4) is 0 Å². The average Bonchev–Trinajstić information content (AvgIpc) is 3.30. The van der Waals surface area contributed by atoms with E-state index in [0.717, 1.165) is 48.1 Å². The summed E-state index contributed by atoms with van der Waals surface area (Å²) in [6, 6.07) is 0. The molecular formula is C21H27N5O2S3. The molecule has 1 aliphatic carbocycles. The highest BCUT2D eigenvalue weighted by Crippen LogP contribution is 2.34. The molecule has 4 rings (SSSR count). The van der Waals surface area contributed by atoms with Crippen molar-refractivity contribution in [3.05, 3.63) is 31.9 Å². The van der Waals surface area contributed by atoms with Gasteiger partial charge in [0.1, 0.15) is 4.83 Å². The highest BCUT2D eigenvalue weighted by atomic mass is 32.2. The van der Waals surface area contributed by atoms with Crippen molar-refractivity contribution >= 4 is 55.7 Å². The zero-order chi connectivity index (χ0) is 22.0. The Hall–Kier alpha value is -1.75. The van der Waals surface area contributed by atoms with Gasteiger partial charge in [0.15, 0.2) is 10.3 Å². The molecule has 0 aromatic carbocycles. The predicted octanol–water partition coefficient (Wildman–Crippen LogP) is 3.78. The van der Waals surface area contributed by atoms with Crippen LogP contribution in [0.15, 0.2) is 15.3 Å². The molecule has 3 heterocycles. The fourth-order valence-corrected chi connectivity index (χ4v) is 6.60. The lowest BCUT2D eigenvalue weighted by molar-refractivity contribution is -0.113. The number of thiazole rings is 1. The van der Waals surface area contributed by atoms with Crippen LogP contribution in [0.1, 0.15) is 35.4 Å². The smallest absolute Gasteiger partial charge is 0.263 e. The molecule has 0 fully saturated rings. The van der Waals surface area contributed by atoms with Crippen LogP contribution in [0.5, 0.6) is 0 Å². The number of anilines is 1. The first-order valence-electron chi connectivity index (χ1n) is 10.5. The second kappa shape index (κ2) is 9.81. The third-order valence-corrected chi connectivity index (χ3v) is 8.26. The Bertz CT molecular complexity index is 1150. The number of hydrogen-bond acceptors (Lipinski definition) is 8. The van der Waals surface area contributed by atoms with Crippen molar-refractivity contribution in [3.63, 3.8) is 0 Å². The van der Waals surface area contributed by atoms with Crippen molar-refractivity contribution in [2.45, 2.75) is 50.7 Å². The van der Waals surface area contributed by atoms with Gasteiger partial charge >= 0.3 is 0 Å². The number of carbonyl (C=O) groups excluding carboxylic acids is 1. The maximum atomic E-state index is 13.5. The van der Waals surface area contributed by atoms with E-state index in [2.05, 4.69) is 15.2 Å². The lowest BCUT2D eigenvalue weighted by Crippen LogP contribution is -2.26. The van der Waals surface area contributed by atoms with E-state index in [9.17, 15) is 9.59 Å². The van der Waals surface area contributed by atoms with Gasteiger partial charge in [0.2, 0.25) is 5.91 Å². The summed E-state index contributed by atoms with van der Waals surface area (Å²) in [7, 11) is 4.06. The minimum absolute atomic E-state index is 0.0432. The lowest BCUT2D eigenvalue weighted by atomic mass is 9.97. The Kier molecular flexibility index (Phi) is 7.10. The normalized spacial score (nSPS) is 13.7. The van der Waals surface area contributed by atoms with Crippen LogP contribution in [0, 0.1) is 6.92 Å². The molecular weight excluding hydrogens is 450 g/mol. The van der Waals surface area contributed by atoms with Crippen molar-refractivity contribution in [1.82, 2.24) is 19.4 Å². The van der Waals surface area contributed by atoms with Crippen molar-refractivity contribution in [3.8, 4) is 0 Å². The van der Waals surface area contributed by atoms with E-state index in [0.29, 0.717) is 16.8 Å². The third kappa shape index (κ3) is 5.19. The van der Waals surface area contributed by atoms with Gasteiger partial charge in [0.25, 0.3) is 5.56 Å². The molecule has 10 heteroatoms. The quantitative estimate of drug-likeness (QED) is 0.393. The molecule has 0 aliphatic heterocycles. The van der Waals surface area contributed by atoms with Gasteiger partial charge in [-0.15, -0.1) is 22.7 Å². The summed E-state index contributed by atoms with van der Waals surface area (Å²) in [5.74, 6) is 0.0500. The van der Waals surface area contributed by atoms with E-state index >= 15 is 0 Å². The van der Waals surface area contributed by atoms with Gasteiger partial charge < -0.3 is 10.2 Å². The number of amides is 1. The molecule has 1 aliphatic rings. The molecule has 0 unspecified atom stereocenters. The maximum Gasteiger partial charge on any atom is 0.263 e. The largest absolute Gasteiger partial charge is 0.309 e. The molecule has 0 saturated carbocycles. The summed E-state index contributed by atoms with van der Waals surface area (Å²) >= 11 is 4.38. The van der Waals surface area contributed by atoms with E-state index in [-0.39, 0.29) is 17.2 Å². The predicted molar refractivity (Wildman–Crippen MR) is 130 cm³/mol. The van der Waals surface area contributed by atoms with Crippen LogP contribution in [-0.4, -0.2) is 51.7 Å². The van der Waals surface area contributed by atoms with Gasteiger partial charge in [-0.2, -0.15) is 0 Å². The topological polar surface area (TPSA) is 80.1 Å². The fourth-order valence-electron chi connectivity index (χ4n) is 3.77. The fraction of sp³-hybridized carbons (Fsp3) is 0.524. The number of nitrogens with zero attached hydrogens (tertiary/aromatic N) is 4. The van der Waals surface area contributed by atoms with Gasteiger partial charge in [-0.3, -0.25) is 14.2 Å². The second-order valence-electron chi connectivity index (χ2n) is 8.03. The molecule has 3 aromatic heterocycles. The highest BCUT2D eigenvalue weighted by molar-refractivity contribution is 7.99. The van der Waals surface area contributed by atoms with Gasteiger partial charge in [0, 0.05) is 16.8 Å². The second-order valence-corrected chi connectivity index (χ2v) is 10.9. The number of hydrogen-bond donors (Lipinski definition) is 1. The number of carbonyl (C=O) groups is 1. The Balaban J connectivity index is 1.60. The lowest BCUT2D eigenvalue weighted by Gasteiger charge is -2.15. The number of aromatic nitrogens is 3. The number of rotatable bonds is 8. The van der Waals surface area contributed by atoms with Crippen LogP contribution in [0.25, 0.3) is 10.2 Å². The molecule has 0 bridgehead atoms. The van der Waals surface area contributed by atoms with E-state index in [1.807, 2.05) is 26.4 Å². The average molecular weight is 478 g/mol. The van der Waals surface area contributed by atoms with Crippen LogP contribution in [-0.2, 0) is 24.2 Å². The Morgan fingerprint density at radius 1 is 1.29 bits per heavy atom. The standard InChI is InChI=1S/C21H27N5O2S3/c1-13-11-29-20(22-13)23-16(27)12-30-21-24-18-17(14-7-4-5-8-15(14)31-18)19(28)26(21)10-6-9-25(2)3/h11H,4-10,12H2,1-3H3,(H,22,23,27). The van der Waals surface area contributed by atoms with Crippen LogP contribution in [0.2, 0.25) is 0 Å². The first-order valence-corrected chi connectivity index (χ1v) is 13.1. The van der Waals surface area contributed by atoms with E-state index < -0.39 is 0 Å². The first-order chi connectivity index (χ1) is 14.9. The van der Waals surface area contributed by atoms with Crippen molar-refractivity contribution in [1.29, 1.82) is 0 Å². The first kappa shape index (κ1) is 22.4. The summed E-state index contributed by atoms with van der Waals surface area (Å²) in [5.41, 5.74) is 2.14. The van der Waals surface area contributed by atoms with Gasteiger partial charge in [0.05, 0.1) is 16.8 Å². The highest BCUT2D eigenvalue weighted by Gasteiger charge is 2.22. The number of nitrogens with one attached hydrogen (secondary N) is 1. The maximum absolute atomic E-state index is 13.5. The molecule has 31 heavy (non-hydrogen) atoms. The molecule has 0 saturated heterocycles. The molecule has 7 nitrogen and oxygen atoms in total. The molecule has 1 N–H and O–H groups in total. The SMILES string of the molecule is Cc1csc(NC(=O)CSc2nc3sc4c(c3c(=O)n2CCCN(C)C)CCCC4)n1. The number of aryl methyl sites for hydroxylation is 3. The van der Waals surface area contributed by atoms with E-state index in [1.54, 1.807) is 15.9 Å². The Morgan fingerprint density at radius 2 is 2.10 bits per heavy atom. The van der Waals surface area contributed by atoms with Crippen LogP contribution in [0.4, 0.5) is 5.13 Å². The summed E-state index contributed by atoms with van der Waals surface area (Å²) in [4.78, 5) is 39.3. The van der Waals surface area contributed by atoms with E-state index in [1.165, 1.54) is 40.0 Å². The zero-order valence-electron chi connectivity index (χ0n) is 18.1. The molecule has 0 atom stereocenters. The summed E-state index contributed by atoms with van der Waals surface area (Å²) in [6.07, 6.45) is 5.16. The number of thioether (sulfide) groups is 1. The third-order valence-electron chi connectivity index (χ3n) is 5.22. The Morgan fingerprint density at radius 3 is 2.84 bits per heavy atom. The summed E-state index contributed by atoms with van der Waals surface area (Å²) in [5, 5.41) is 6.76. The molecule has 1 amide bonds. The summed E-state index contributed by atoms with van der Waals surface area (Å²) < 4.78 is 1.78. The number of thiophene rings is 1. The van der Waals surface area contributed by atoms with Crippen molar-refractivity contribution < 1.29 is 4.79 Å². The minimum Gasteiger partial charge on any atom is -0.309 e. The molecule has 166 valence electrons. The van der Waals surface area contributed by atoms with Crippen LogP contribution >= 0.6 is 34.4 Å².